The number of anilines is 2. The van der Waals surface area contributed by atoms with Gasteiger partial charge in [0.2, 0.25) is 0 Å². The van der Waals surface area contributed by atoms with Crippen molar-refractivity contribution in [2.75, 3.05) is 56.4 Å². The van der Waals surface area contributed by atoms with Crippen molar-refractivity contribution in [1.82, 2.24) is 30.0 Å². The minimum absolute atomic E-state index is 0.145. The third kappa shape index (κ3) is 4.49. The van der Waals surface area contributed by atoms with Gasteiger partial charge in [0.05, 0.1) is 16.8 Å². The third-order valence-electron chi connectivity index (χ3n) is 7.07. The summed E-state index contributed by atoms with van der Waals surface area (Å²) in [6, 6.07) is 0.230. The number of piperazine rings is 1. The van der Waals surface area contributed by atoms with Gasteiger partial charge in [-0.25, -0.2) is 14.4 Å². The summed E-state index contributed by atoms with van der Waals surface area (Å²) in [5.74, 6) is 1.23. The van der Waals surface area contributed by atoms with Crippen LogP contribution in [-0.2, 0) is 0 Å². The van der Waals surface area contributed by atoms with Crippen molar-refractivity contribution in [3.8, 4) is 11.1 Å². The second-order valence-electron chi connectivity index (χ2n) is 9.14. The SMILES string of the molecule is CC1CC(F)=C(Cl)C=C1C(CN1CCC1)N1CCN(c2ncnc(N)c2-c2cn[nH]c2)CC1. The van der Waals surface area contributed by atoms with Gasteiger partial charge in [-0.15, -0.1) is 0 Å². The Labute approximate surface area is 198 Å². The summed E-state index contributed by atoms with van der Waals surface area (Å²) in [7, 11) is 0. The van der Waals surface area contributed by atoms with Gasteiger partial charge in [-0.2, -0.15) is 5.10 Å². The third-order valence-corrected chi connectivity index (χ3v) is 7.38. The fourth-order valence-electron chi connectivity index (χ4n) is 5.06. The van der Waals surface area contributed by atoms with Crippen molar-refractivity contribution in [1.29, 1.82) is 0 Å². The number of nitrogens with one attached hydrogen (secondary N) is 1. The minimum Gasteiger partial charge on any atom is -0.383 e. The first-order valence-corrected chi connectivity index (χ1v) is 12.0. The molecule has 10 heteroatoms. The summed E-state index contributed by atoms with van der Waals surface area (Å²) >= 11 is 6.23. The van der Waals surface area contributed by atoms with E-state index in [2.05, 4.69) is 41.8 Å². The van der Waals surface area contributed by atoms with E-state index in [9.17, 15) is 4.39 Å². The van der Waals surface area contributed by atoms with Crippen molar-refractivity contribution in [3.63, 3.8) is 0 Å². The van der Waals surface area contributed by atoms with Crippen LogP contribution in [0.25, 0.3) is 11.1 Å². The highest BCUT2D eigenvalue weighted by Gasteiger charge is 2.34. The normalized spacial score (nSPS) is 23.4. The molecule has 5 rings (SSSR count). The second-order valence-corrected chi connectivity index (χ2v) is 9.55. The molecular weight excluding hydrogens is 443 g/mol. The van der Waals surface area contributed by atoms with E-state index >= 15 is 0 Å². The summed E-state index contributed by atoms with van der Waals surface area (Å²) in [4.78, 5) is 16.0. The Kier molecular flexibility index (Phi) is 6.36. The molecule has 2 saturated heterocycles. The molecule has 0 bridgehead atoms. The van der Waals surface area contributed by atoms with Gasteiger partial charge in [-0.1, -0.05) is 18.5 Å². The molecular formula is C23H30ClFN8. The number of rotatable bonds is 6. The molecule has 0 saturated carbocycles. The van der Waals surface area contributed by atoms with E-state index in [0.717, 1.165) is 62.8 Å². The van der Waals surface area contributed by atoms with E-state index < -0.39 is 0 Å². The number of aromatic nitrogens is 4. The van der Waals surface area contributed by atoms with Gasteiger partial charge in [-0.3, -0.25) is 10.00 Å². The Bertz CT molecular complexity index is 1040. The number of nitrogens with two attached hydrogens (primary N) is 1. The van der Waals surface area contributed by atoms with E-state index in [1.54, 1.807) is 6.20 Å². The lowest BCUT2D eigenvalue weighted by atomic mass is 9.85. The first kappa shape index (κ1) is 22.3. The van der Waals surface area contributed by atoms with E-state index in [4.69, 9.17) is 17.3 Å². The molecule has 4 heterocycles. The zero-order valence-electron chi connectivity index (χ0n) is 18.8. The van der Waals surface area contributed by atoms with E-state index in [0.29, 0.717) is 12.2 Å². The topological polar surface area (TPSA) is 90.2 Å². The number of H-pyrrole nitrogens is 1. The zero-order valence-corrected chi connectivity index (χ0v) is 19.6. The molecule has 176 valence electrons. The first-order chi connectivity index (χ1) is 16.0. The number of hydrogen-bond donors (Lipinski definition) is 2. The number of nitrogen functional groups attached to an aromatic ring is 1. The highest BCUT2D eigenvalue weighted by Crippen LogP contribution is 2.37. The van der Waals surface area contributed by atoms with Crippen LogP contribution < -0.4 is 10.6 Å². The largest absolute Gasteiger partial charge is 0.383 e. The Balaban J connectivity index is 1.36. The second kappa shape index (κ2) is 9.40. The molecule has 2 fully saturated rings. The molecule has 2 aromatic rings. The first-order valence-electron chi connectivity index (χ1n) is 11.6. The van der Waals surface area contributed by atoms with E-state index in [-0.39, 0.29) is 22.8 Å². The zero-order chi connectivity index (χ0) is 22.9. The van der Waals surface area contributed by atoms with Gasteiger partial charge in [0.25, 0.3) is 0 Å². The van der Waals surface area contributed by atoms with Crippen LogP contribution in [0.3, 0.4) is 0 Å². The van der Waals surface area contributed by atoms with Crippen molar-refractivity contribution < 1.29 is 4.39 Å². The summed E-state index contributed by atoms with van der Waals surface area (Å²) < 4.78 is 14.1. The van der Waals surface area contributed by atoms with Crippen molar-refractivity contribution >= 4 is 23.2 Å². The molecule has 2 aromatic heterocycles. The molecule has 2 unspecified atom stereocenters. The Morgan fingerprint density at radius 2 is 2.00 bits per heavy atom. The van der Waals surface area contributed by atoms with Gasteiger partial charge < -0.3 is 15.5 Å². The predicted molar refractivity (Wildman–Crippen MR) is 129 cm³/mol. The lowest BCUT2D eigenvalue weighted by Crippen LogP contribution is -2.56. The summed E-state index contributed by atoms with van der Waals surface area (Å²) in [6.45, 7) is 8.71. The van der Waals surface area contributed by atoms with Crippen molar-refractivity contribution in [2.24, 2.45) is 5.92 Å². The number of hydrogen-bond acceptors (Lipinski definition) is 7. The summed E-state index contributed by atoms with van der Waals surface area (Å²) in [5.41, 5.74) is 9.15. The van der Waals surface area contributed by atoms with Crippen molar-refractivity contribution in [3.05, 3.63) is 41.2 Å². The number of allylic oxidation sites excluding steroid dienone is 3. The molecule has 3 aliphatic rings. The Hall–Kier alpha value is -2.49. The van der Waals surface area contributed by atoms with Crippen LogP contribution in [0.5, 0.6) is 0 Å². The lowest BCUT2D eigenvalue weighted by Gasteiger charge is -2.45. The molecule has 0 radical (unpaired) electrons. The number of halogens is 2. The van der Waals surface area contributed by atoms with Gasteiger partial charge >= 0.3 is 0 Å². The maximum Gasteiger partial charge on any atom is 0.142 e. The van der Waals surface area contributed by atoms with Crippen LogP contribution in [0.1, 0.15) is 19.8 Å². The molecule has 2 atom stereocenters. The Morgan fingerprint density at radius 1 is 1.21 bits per heavy atom. The Morgan fingerprint density at radius 3 is 2.67 bits per heavy atom. The quantitative estimate of drug-likeness (QED) is 0.667. The van der Waals surface area contributed by atoms with Crippen LogP contribution in [0.4, 0.5) is 16.0 Å². The minimum atomic E-state index is -0.200. The van der Waals surface area contributed by atoms with E-state index in [1.807, 2.05) is 12.3 Å². The molecule has 0 spiro atoms. The van der Waals surface area contributed by atoms with Crippen molar-refractivity contribution in [2.45, 2.75) is 25.8 Å². The molecule has 0 aromatic carbocycles. The number of likely N-dealkylation sites (tertiary alicyclic amines) is 1. The standard InChI is InChI=1S/C23H30ClFN8/c1-15-9-19(25)18(24)10-17(15)20(13-31-3-2-4-31)32-5-7-33(8-6-32)23-21(16-11-29-30-12-16)22(26)27-14-28-23/h10-12,14-15,20H,2-9,13H2,1H3,(H,29,30)(H2,26,27,28). The predicted octanol–water partition coefficient (Wildman–Crippen LogP) is 3.03. The highest BCUT2D eigenvalue weighted by molar-refractivity contribution is 6.31. The van der Waals surface area contributed by atoms with E-state index in [1.165, 1.54) is 18.3 Å². The lowest BCUT2D eigenvalue weighted by molar-refractivity contribution is 0.107. The fraction of sp³-hybridized carbons (Fsp3) is 0.522. The molecule has 2 aliphatic heterocycles. The van der Waals surface area contributed by atoms with Crippen LogP contribution in [0, 0.1) is 5.92 Å². The summed E-state index contributed by atoms with van der Waals surface area (Å²) in [5, 5.41) is 7.16. The maximum absolute atomic E-state index is 14.1. The van der Waals surface area contributed by atoms with Gasteiger partial charge in [0.15, 0.2) is 0 Å². The molecule has 3 N–H and O–H groups in total. The fourth-order valence-corrected chi connectivity index (χ4v) is 5.26. The van der Waals surface area contributed by atoms with Gasteiger partial charge in [0.1, 0.15) is 23.8 Å². The van der Waals surface area contributed by atoms with Crippen LogP contribution in [0.15, 0.2) is 41.2 Å². The van der Waals surface area contributed by atoms with Crippen LogP contribution in [-0.4, -0.2) is 81.8 Å². The molecule has 8 nitrogen and oxygen atoms in total. The number of nitrogens with zero attached hydrogens (tertiary/aromatic N) is 6. The van der Waals surface area contributed by atoms with Gasteiger partial charge in [0, 0.05) is 56.9 Å². The molecule has 1 aliphatic carbocycles. The smallest absolute Gasteiger partial charge is 0.142 e. The van der Waals surface area contributed by atoms with Crippen LogP contribution >= 0.6 is 11.6 Å². The summed E-state index contributed by atoms with van der Waals surface area (Å²) in [6.07, 6.45) is 8.58. The average molecular weight is 473 g/mol. The van der Waals surface area contributed by atoms with Crippen LogP contribution in [0.2, 0.25) is 0 Å². The van der Waals surface area contributed by atoms with Gasteiger partial charge in [-0.05, 0) is 37.1 Å². The highest BCUT2D eigenvalue weighted by atomic mass is 35.5. The molecule has 0 amide bonds. The molecule has 33 heavy (non-hydrogen) atoms. The number of aromatic amines is 1. The maximum atomic E-state index is 14.1. The monoisotopic (exact) mass is 472 g/mol. The average Bonchev–Trinajstić information content (AvgIpc) is 3.31.